The number of thiocarbonyl (C=S) groups is 1. The van der Waals surface area contributed by atoms with Crippen molar-refractivity contribution in [3.63, 3.8) is 0 Å². The van der Waals surface area contributed by atoms with Crippen molar-refractivity contribution in [2.75, 3.05) is 27.4 Å². The van der Waals surface area contributed by atoms with Gasteiger partial charge in [0.25, 0.3) is 0 Å². The summed E-state index contributed by atoms with van der Waals surface area (Å²) < 4.78 is 17.3. The highest BCUT2D eigenvalue weighted by atomic mass is 79.9. The zero-order valence-corrected chi connectivity index (χ0v) is 16.1. The summed E-state index contributed by atoms with van der Waals surface area (Å²) in [5, 5.41) is 3.14. The molecule has 2 aromatic rings. The van der Waals surface area contributed by atoms with Crippen LogP contribution in [0.1, 0.15) is 11.1 Å². The summed E-state index contributed by atoms with van der Waals surface area (Å²) in [5.74, 6) is 1.34. The molecule has 0 aliphatic rings. The summed E-state index contributed by atoms with van der Waals surface area (Å²) in [6.45, 7) is 1.74. The predicted octanol–water partition coefficient (Wildman–Crippen LogP) is 3.95. The fourth-order valence-corrected chi connectivity index (χ4v) is 2.53. The third kappa shape index (κ3) is 5.47. The molecule has 6 heteroatoms. The van der Waals surface area contributed by atoms with Gasteiger partial charge < -0.3 is 19.5 Å². The molecular formula is C18H20BrNO3S. The van der Waals surface area contributed by atoms with Crippen LogP contribution < -0.4 is 14.8 Å². The van der Waals surface area contributed by atoms with Crippen molar-refractivity contribution in [1.29, 1.82) is 0 Å². The minimum absolute atomic E-state index is 0.472. The van der Waals surface area contributed by atoms with Gasteiger partial charge in [-0.15, -0.1) is 0 Å². The molecule has 128 valence electrons. The van der Waals surface area contributed by atoms with Gasteiger partial charge in [0.1, 0.15) is 11.6 Å². The van der Waals surface area contributed by atoms with Crippen LogP contribution in [0, 0.1) is 0 Å². The summed E-state index contributed by atoms with van der Waals surface area (Å²) in [5.41, 5.74) is 1.97. The number of hydrogen-bond donors (Lipinski definition) is 1. The number of ether oxygens (including phenoxy) is 3. The Kier molecular flexibility index (Phi) is 7.49. The molecule has 2 aromatic carbocycles. The van der Waals surface area contributed by atoms with Crippen molar-refractivity contribution in [3.8, 4) is 11.5 Å². The third-order valence-corrected chi connectivity index (χ3v) is 4.23. The van der Waals surface area contributed by atoms with Crippen molar-refractivity contribution in [2.24, 2.45) is 0 Å². The molecule has 0 aliphatic heterocycles. The van der Waals surface area contributed by atoms with Crippen molar-refractivity contribution >= 4 is 33.1 Å². The van der Waals surface area contributed by atoms with Crippen LogP contribution in [0.4, 0.5) is 0 Å². The first-order chi connectivity index (χ1) is 11.6. The second-order valence-electron chi connectivity index (χ2n) is 5.03. The summed E-state index contributed by atoms with van der Waals surface area (Å²) in [6, 6.07) is 13.7. The largest absolute Gasteiger partial charge is 0.493 e. The van der Waals surface area contributed by atoms with Gasteiger partial charge in [0, 0.05) is 23.7 Å². The molecule has 0 heterocycles. The molecule has 0 spiro atoms. The number of benzene rings is 2. The number of halogens is 1. The van der Waals surface area contributed by atoms with E-state index in [9.17, 15) is 0 Å². The molecule has 24 heavy (non-hydrogen) atoms. The molecule has 0 aromatic heterocycles. The van der Waals surface area contributed by atoms with E-state index in [1.165, 1.54) is 0 Å². The van der Waals surface area contributed by atoms with Gasteiger partial charge in [0.15, 0.2) is 11.5 Å². The van der Waals surface area contributed by atoms with Crippen LogP contribution >= 0.6 is 28.1 Å². The number of nitrogens with one attached hydrogen (secondary N) is 1. The highest BCUT2D eigenvalue weighted by molar-refractivity contribution is 9.10. The Morgan fingerprint density at radius 3 is 2.50 bits per heavy atom. The van der Waals surface area contributed by atoms with Crippen LogP contribution in [0.25, 0.3) is 0 Å². The number of rotatable bonds is 8. The Balaban J connectivity index is 2.02. The second-order valence-corrected chi connectivity index (χ2v) is 6.35. The number of hydrogen-bond acceptors (Lipinski definition) is 4. The molecule has 0 saturated carbocycles. The zero-order valence-electron chi connectivity index (χ0n) is 13.7. The van der Waals surface area contributed by atoms with E-state index in [0.717, 1.165) is 15.6 Å². The Morgan fingerprint density at radius 2 is 1.83 bits per heavy atom. The molecule has 0 saturated heterocycles. The fourth-order valence-electron chi connectivity index (χ4n) is 2.04. The minimum atomic E-state index is 0.472. The summed E-state index contributed by atoms with van der Waals surface area (Å²) in [7, 11) is 3.28. The first-order valence-corrected chi connectivity index (χ1v) is 8.66. The second kappa shape index (κ2) is 9.61. The Morgan fingerprint density at radius 1 is 1.08 bits per heavy atom. The van der Waals surface area contributed by atoms with Crippen LogP contribution in [-0.2, 0) is 11.3 Å². The normalized spacial score (nSPS) is 10.3. The SMILES string of the molecule is COCCNC(=S)c1ccc(OCc2ccc(Br)cc2)c(OC)c1. The lowest BCUT2D eigenvalue weighted by Crippen LogP contribution is -2.26. The lowest BCUT2D eigenvalue weighted by atomic mass is 10.2. The highest BCUT2D eigenvalue weighted by Crippen LogP contribution is 2.29. The van der Waals surface area contributed by atoms with Crippen LogP contribution in [0.3, 0.4) is 0 Å². The lowest BCUT2D eigenvalue weighted by Gasteiger charge is -2.13. The van der Waals surface area contributed by atoms with Crippen LogP contribution in [0.2, 0.25) is 0 Å². The smallest absolute Gasteiger partial charge is 0.161 e. The topological polar surface area (TPSA) is 39.7 Å². The third-order valence-electron chi connectivity index (χ3n) is 3.33. The molecule has 0 radical (unpaired) electrons. The van der Waals surface area contributed by atoms with Gasteiger partial charge in [-0.2, -0.15) is 0 Å². The molecule has 0 fully saturated rings. The fraction of sp³-hybridized carbons (Fsp3) is 0.278. The first-order valence-electron chi connectivity index (χ1n) is 7.46. The maximum absolute atomic E-state index is 5.86. The van der Waals surface area contributed by atoms with E-state index in [-0.39, 0.29) is 0 Å². The molecule has 0 amide bonds. The van der Waals surface area contributed by atoms with Crippen LogP contribution in [0.5, 0.6) is 11.5 Å². The van der Waals surface area contributed by atoms with Gasteiger partial charge in [-0.05, 0) is 35.9 Å². The molecule has 1 N–H and O–H groups in total. The van der Waals surface area contributed by atoms with E-state index >= 15 is 0 Å². The minimum Gasteiger partial charge on any atom is -0.493 e. The van der Waals surface area contributed by atoms with E-state index in [1.54, 1.807) is 14.2 Å². The summed E-state index contributed by atoms with van der Waals surface area (Å²) in [6.07, 6.45) is 0. The van der Waals surface area contributed by atoms with Gasteiger partial charge in [0.2, 0.25) is 0 Å². The number of methoxy groups -OCH3 is 2. The van der Waals surface area contributed by atoms with E-state index in [4.69, 9.17) is 26.4 Å². The van der Waals surface area contributed by atoms with E-state index < -0.39 is 0 Å². The van der Waals surface area contributed by atoms with Gasteiger partial charge in [-0.3, -0.25) is 0 Å². The first kappa shape index (κ1) is 18.7. The van der Waals surface area contributed by atoms with Crippen molar-refractivity contribution < 1.29 is 14.2 Å². The maximum atomic E-state index is 5.86. The van der Waals surface area contributed by atoms with Crippen molar-refractivity contribution in [3.05, 3.63) is 58.1 Å². The lowest BCUT2D eigenvalue weighted by molar-refractivity contribution is 0.204. The van der Waals surface area contributed by atoms with E-state index in [1.807, 2.05) is 42.5 Å². The van der Waals surface area contributed by atoms with Gasteiger partial charge in [0.05, 0.1) is 13.7 Å². The monoisotopic (exact) mass is 409 g/mol. The molecule has 0 unspecified atom stereocenters. The highest BCUT2D eigenvalue weighted by Gasteiger charge is 2.09. The summed E-state index contributed by atoms with van der Waals surface area (Å²) in [4.78, 5) is 0.657. The molecule has 2 rings (SSSR count). The van der Waals surface area contributed by atoms with Gasteiger partial charge in [-0.25, -0.2) is 0 Å². The van der Waals surface area contributed by atoms with Crippen LogP contribution in [0.15, 0.2) is 46.9 Å². The molecule has 0 atom stereocenters. The van der Waals surface area contributed by atoms with Crippen LogP contribution in [-0.4, -0.2) is 32.4 Å². The predicted molar refractivity (Wildman–Crippen MR) is 103 cm³/mol. The van der Waals surface area contributed by atoms with Gasteiger partial charge in [-0.1, -0.05) is 40.3 Å². The average molecular weight is 410 g/mol. The quantitative estimate of drug-likeness (QED) is 0.527. The standard InChI is InChI=1S/C18H20BrNO3S/c1-21-10-9-20-18(24)14-5-8-16(17(11-14)22-2)23-12-13-3-6-15(19)7-4-13/h3-8,11H,9-10,12H2,1-2H3,(H,20,24). The maximum Gasteiger partial charge on any atom is 0.161 e. The Bertz CT molecular complexity index is 676. The summed E-state index contributed by atoms with van der Waals surface area (Å²) >= 11 is 8.79. The molecule has 4 nitrogen and oxygen atoms in total. The molecule has 0 bridgehead atoms. The average Bonchev–Trinajstić information content (AvgIpc) is 2.61. The Labute approximate surface area is 156 Å². The van der Waals surface area contributed by atoms with E-state index in [2.05, 4.69) is 21.2 Å². The van der Waals surface area contributed by atoms with Crippen molar-refractivity contribution in [1.82, 2.24) is 5.32 Å². The Hall–Kier alpha value is -1.63. The van der Waals surface area contributed by atoms with E-state index in [0.29, 0.717) is 36.2 Å². The zero-order chi connectivity index (χ0) is 17.4. The molecule has 0 aliphatic carbocycles. The van der Waals surface area contributed by atoms with Gasteiger partial charge >= 0.3 is 0 Å². The van der Waals surface area contributed by atoms with Crippen molar-refractivity contribution in [2.45, 2.75) is 6.61 Å². The molecular weight excluding hydrogens is 390 g/mol.